The van der Waals surface area contributed by atoms with E-state index < -0.39 is 29.0 Å². The third-order valence-electron chi connectivity index (χ3n) is 4.08. The maximum atomic E-state index is 13.2. The van der Waals surface area contributed by atoms with Gasteiger partial charge in [0.15, 0.2) is 0 Å². The molecule has 1 aromatic carbocycles. The summed E-state index contributed by atoms with van der Waals surface area (Å²) in [5.74, 6) is 0. The summed E-state index contributed by atoms with van der Waals surface area (Å²) in [7, 11) is 0. The quantitative estimate of drug-likeness (QED) is 0.704. The van der Waals surface area contributed by atoms with Crippen LogP contribution in [-0.4, -0.2) is 35.2 Å². The summed E-state index contributed by atoms with van der Waals surface area (Å²) in [6.45, 7) is 5.82. The van der Waals surface area contributed by atoms with E-state index in [1.165, 1.54) is 17.0 Å². The van der Waals surface area contributed by atoms with E-state index in [0.29, 0.717) is 0 Å². The summed E-state index contributed by atoms with van der Waals surface area (Å²) < 4.78 is 45.0. The zero-order valence-corrected chi connectivity index (χ0v) is 18.7. The minimum atomic E-state index is -4.45. The maximum absolute atomic E-state index is 13.2. The van der Waals surface area contributed by atoms with Crippen LogP contribution >= 0.6 is 0 Å². The van der Waals surface area contributed by atoms with Crippen LogP contribution in [0.5, 0.6) is 0 Å². The van der Waals surface area contributed by atoms with Gasteiger partial charge in [0.1, 0.15) is 5.60 Å². The Morgan fingerprint density at radius 3 is 2.12 bits per heavy atom. The van der Waals surface area contributed by atoms with Crippen LogP contribution in [0.15, 0.2) is 24.3 Å². The first-order valence-electron chi connectivity index (χ1n) is 7.86. The summed E-state index contributed by atoms with van der Waals surface area (Å²) in [6, 6.07) is 5.38. The predicted molar refractivity (Wildman–Crippen MR) is 86.3 cm³/mol. The average molecular weight is 400 g/mol. The molecule has 1 fully saturated rings. The number of nitrogens with zero attached hydrogens (tertiary/aromatic N) is 1. The second-order valence-electron chi connectivity index (χ2n) is 7.17. The molecule has 0 spiro atoms. The molecule has 0 radical (unpaired) electrons. The number of likely N-dealkylation sites (tertiary alicyclic amines) is 1. The van der Waals surface area contributed by atoms with E-state index in [-0.39, 0.29) is 88.4 Å². The predicted octanol–water partition coefficient (Wildman–Crippen LogP) is 0.718. The van der Waals surface area contributed by atoms with E-state index in [0.717, 1.165) is 6.07 Å². The van der Waals surface area contributed by atoms with Gasteiger partial charge in [-0.3, -0.25) is 0 Å². The summed E-state index contributed by atoms with van der Waals surface area (Å²) >= 11 is 0. The number of piperidine rings is 1. The van der Waals surface area contributed by atoms with Crippen LogP contribution < -0.4 is 57.1 Å². The van der Waals surface area contributed by atoms with Crippen LogP contribution in [0.3, 0.4) is 0 Å². The fourth-order valence-electron chi connectivity index (χ4n) is 2.85. The maximum Gasteiger partial charge on any atom is 1.00 e. The molecule has 26 heavy (non-hydrogen) atoms. The van der Waals surface area contributed by atoms with Gasteiger partial charge < -0.3 is 20.8 Å². The number of benzene rings is 1. The SMILES string of the molecule is CC(C)(C)OC(=O)N1CCC(N)(c2ccccc2C(F)(F)F)CC1.[K+].[OH-]. The second-order valence-corrected chi connectivity index (χ2v) is 7.17. The van der Waals surface area contributed by atoms with Gasteiger partial charge in [0.25, 0.3) is 0 Å². The largest absolute Gasteiger partial charge is 1.00 e. The van der Waals surface area contributed by atoms with Crippen LogP contribution in [0.1, 0.15) is 44.7 Å². The number of amides is 1. The number of alkyl halides is 3. The van der Waals surface area contributed by atoms with Gasteiger partial charge in [-0.05, 0) is 45.2 Å². The minimum Gasteiger partial charge on any atom is -0.870 e. The Morgan fingerprint density at radius 2 is 1.65 bits per heavy atom. The van der Waals surface area contributed by atoms with Crippen LogP contribution in [0, 0.1) is 0 Å². The zero-order chi connectivity index (χ0) is 18.2. The van der Waals surface area contributed by atoms with Crippen molar-refractivity contribution in [1.29, 1.82) is 0 Å². The number of halogens is 3. The first kappa shape index (κ1) is 25.8. The van der Waals surface area contributed by atoms with E-state index in [9.17, 15) is 18.0 Å². The molecule has 0 bridgehead atoms. The van der Waals surface area contributed by atoms with E-state index in [2.05, 4.69) is 0 Å². The smallest absolute Gasteiger partial charge is 0.870 e. The third kappa shape index (κ3) is 6.47. The molecule has 1 heterocycles. The third-order valence-corrected chi connectivity index (χ3v) is 4.08. The topological polar surface area (TPSA) is 85.6 Å². The van der Waals surface area contributed by atoms with Gasteiger partial charge >= 0.3 is 63.7 Å². The number of hydrogen-bond acceptors (Lipinski definition) is 4. The summed E-state index contributed by atoms with van der Waals surface area (Å²) in [6.07, 6.45) is -4.42. The number of rotatable bonds is 1. The fourth-order valence-corrected chi connectivity index (χ4v) is 2.85. The van der Waals surface area contributed by atoms with Crippen LogP contribution in [0.25, 0.3) is 0 Å². The molecule has 0 aromatic heterocycles. The number of nitrogens with two attached hydrogens (primary N) is 1. The molecule has 1 aliphatic rings. The number of hydrogen-bond donors (Lipinski definition) is 1. The molecule has 0 atom stereocenters. The Balaban J connectivity index is 0.00000312. The van der Waals surface area contributed by atoms with E-state index in [1.54, 1.807) is 26.8 Å². The molecule has 142 valence electrons. The van der Waals surface area contributed by atoms with Gasteiger partial charge in [-0.15, -0.1) is 0 Å². The van der Waals surface area contributed by atoms with Gasteiger partial charge in [-0.2, -0.15) is 13.2 Å². The summed E-state index contributed by atoms with van der Waals surface area (Å²) in [4.78, 5) is 13.6. The van der Waals surface area contributed by atoms with Crippen LogP contribution in [0.4, 0.5) is 18.0 Å². The van der Waals surface area contributed by atoms with Crippen molar-refractivity contribution in [2.24, 2.45) is 5.73 Å². The van der Waals surface area contributed by atoms with Crippen molar-refractivity contribution < 1.29 is 79.6 Å². The van der Waals surface area contributed by atoms with Gasteiger partial charge in [-0.1, -0.05) is 18.2 Å². The number of carbonyl (C=O) groups is 1. The Hall–Kier alpha value is -0.164. The summed E-state index contributed by atoms with van der Waals surface area (Å²) in [5.41, 5.74) is 3.94. The van der Waals surface area contributed by atoms with Gasteiger partial charge in [0, 0.05) is 18.6 Å². The molecule has 5 nitrogen and oxygen atoms in total. The molecule has 3 N–H and O–H groups in total. The number of ether oxygens (including phenoxy) is 1. The molecule has 1 saturated heterocycles. The Kier molecular flexibility index (Phi) is 9.30. The molecule has 1 aliphatic heterocycles. The van der Waals surface area contributed by atoms with E-state index in [4.69, 9.17) is 10.5 Å². The standard InChI is InChI=1S/C17H23F3N2O2.K.H2O/c1-15(2,3)24-14(23)22-10-8-16(21,9-11-22)12-6-4-5-7-13(12)17(18,19)20;;/h4-7H,8-11,21H2,1-3H3;;1H2/q;+1;/p-1. The summed E-state index contributed by atoms with van der Waals surface area (Å²) in [5, 5.41) is 0. The van der Waals surface area contributed by atoms with Gasteiger partial charge in [-0.25, -0.2) is 4.79 Å². The minimum absolute atomic E-state index is 0. The fraction of sp³-hybridized carbons (Fsp3) is 0.588. The molecule has 1 amide bonds. The van der Waals surface area contributed by atoms with Crippen molar-refractivity contribution >= 4 is 6.09 Å². The van der Waals surface area contributed by atoms with Crippen molar-refractivity contribution in [3.63, 3.8) is 0 Å². The number of carbonyl (C=O) groups excluding carboxylic acids is 1. The average Bonchev–Trinajstić information content (AvgIpc) is 2.45. The van der Waals surface area contributed by atoms with Gasteiger partial charge in [0.05, 0.1) is 5.56 Å². The first-order chi connectivity index (χ1) is 10.9. The molecule has 9 heteroatoms. The first-order valence-corrected chi connectivity index (χ1v) is 7.86. The monoisotopic (exact) mass is 400 g/mol. The second kappa shape index (κ2) is 9.36. The van der Waals surface area contributed by atoms with Crippen molar-refractivity contribution in [3.8, 4) is 0 Å². The Morgan fingerprint density at radius 1 is 1.15 bits per heavy atom. The van der Waals surface area contributed by atoms with Crippen molar-refractivity contribution in [1.82, 2.24) is 4.90 Å². The van der Waals surface area contributed by atoms with Crippen LogP contribution in [0.2, 0.25) is 0 Å². The van der Waals surface area contributed by atoms with E-state index >= 15 is 0 Å². The molecular formula is C17H24F3KN2O3. The van der Waals surface area contributed by atoms with Crippen LogP contribution in [-0.2, 0) is 16.5 Å². The molecular weight excluding hydrogens is 376 g/mol. The van der Waals surface area contributed by atoms with E-state index in [1.807, 2.05) is 0 Å². The normalized spacial score (nSPS) is 17.0. The van der Waals surface area contributed by atoms with Crippen molar-refractivity contribution in [2.45, 2.75) is 50.9 Å². The molecule has 0 unspecified atom stereocenters. The molecule has 1 aromatic rings. The Labute approximate surface area is 194 Å². The Bertz CT molecular complexity index is 610. The van der Waals surface area contributed by atoms with Gasteiger partial charge in [0.2, 0.25) is 0 Å². The van der Waals surface area contributed by atoms with Crippen molar-refractivity contribution in [3.05, 3.63) is 35.4 Å². The van der Waals surface area contributed by atoms with Crippen molar-refractivity contribution in [2.75, 3.05) is 13.1 Å². The molecule has 2 rings (SSSR count). The zero-order valence-electron chi connectivity index (χ0n) is 15.6. The molecule has 0 saturated carbocycles. The molecule has 0 aliphatic carbocycles.